The number of carbonyl (C=O) groups is 1. The van der Waals surface area contributed by atoms with Gasteiger partial charge in [0, 0.05) is 28.3 Å². The van der Waals surface area contributed by atoms with E-state index in [0.29, 0.717) is 6.54 Å². The van der Waals surface area contributed by atoms with Crippen LogP contribution in [0.2, 0.25) is 0 Å². The predicted molar refractivity (Wildman–Crippen MR) is 91.7 cm³/mol. The van der Waals surface area contributed by atoms with E-state index in [1.807, 2.05) is 50.2 Å². The van der Waals surface area contributed by atoms with Gasteiger partial charge in [-0.05, 0) is 30.7 Å². The highest BCUT2D eigenvalue weighted by Gasteiger charge is 2.16. The van der Waals surface area contributed by atoms with Crippen LogP contribution in [0.4, 0.5) is 0 Å². The highest BCUT2D eigenvalue weighted by Crippen LogP contribution is 2.30. The standard InChI is InChI=1S/C18H22N2OS/c1-13(14(2)19)18(21)20-12-15-8-6-7-11-17(15)22-16-9-4-3-5-10-16/h3-11,13-14H,12,19H2,1-2H3,(H,20,21). The van der Waals surface area contributed by atoms with Crippen LogP contribution in [-0.2, 0) is 11.3 Å². The molecule has 2 atom stereocenters. The van der Waals surface area contributed by atoms with Gasteiger partial charge in [-0.2, -0.15) is 0 Å². The summed E-state index contributed by atoms with van der Waals surface area (Å²) >= 11 is 1.70. The molecule has 2 aromatic rings. The molecule has 0 spiro atoms. The quantitative estimate of drug-likeness (QED) is 0.859. The molecule has 0 saturated heterocycles. The second-order valence-electron chi connectivity index (χ2n) is 5.39. The molecule has 3 nitrogen and oxygen atoms in total. The zero-order valence-electron chi connectivity index (χ0n) is 13.0. The van der Waals surface area contributed by atoms with Crippen molar-refractivity contribution in [3.05, 3.63) is 60.2 Å². The van der Waals surface area contributed by atoms with Crippen molar-refractivity contribution >= 4 is 17.7 Å². The molecule has 0 radical (unpaired) electrons. The lowest BCUT2D eigenvalue weighted by molar-refractivity contribution is -0.125. The third kappa shape index (κ3) is 4.61. The third-order valence-corrected chi connectivity index (χ3v) is 4.72. The van der Waals surface area contributed by atoms with Crippen LogP contribution in [0.3, 0.4) is 0 Å². The Morgan fingerprint density at radius 2 is 1.73 bits per heavy atom. The lowest BCUT2D eigenvalue weighted by atomic mass is 10.0. The van der Waals surface area contributed by atoms with Gasteiger partial charge in [0.2, 0.25) is 5.91 Å². The highest BCUT2D eigenvalue weighted by molar-refractivity contribution is 7.99. The average molecular weight is 314 g/mol. The Kier molecular flexibility index (Phi) is 6.04. The van der Waals surface area contributed by atoms with Gasteiger partial charge in [-0.25, -0.2) is 0 Å². The van der Waals surface area contributed by atoms with Crippen LogP contribution in [0.1, 0.15) is 19.4 Å². The second kappa shape index (κ2) is 8.01. The summed E-state index contributed by atoms with van der Waals surface area (Å²) in [4.78, 5) is 14.4. The monoisotopic (exact) mass is 314 g/mol. The van der Waals surface area contributed by atoms with Crippen molar-refractivity contribution in [1.29, 1.82) is 0 Å². The molecule has 0 aliphatic carbocycles. The molecule has 0 aliphatic heterocycles. The molecular formula is C18H22N2OS. The highest BCUT2D eigenvalue weighted by atomic mass is 32.2. The summed E-state index contributed by atoms with van der Waals surface area (Å²) in [7, 11) is 0. The first kappa shape index (κ1) is 16.6. The Morgan fingerprint density at radius 1 is 1.09 bits per heavy atom. The molecule has 0 bridgehead atoms. The zero-order valence-corrected chi connectivity index (χ0v) is 13.8. The minimum absolute atomic E-state index is 0.00508. The fourth-order valence-corrected chi connectivity index (χ4v) is 2.91. The first-order valence-corrected chi connectivity index (χ1v) is 8.23. The van der Waals surface area contributed by atoms with Crippen LogP contribution in [-0.4, -0.2) is 11.9 Å². The van der Waals surface area contributed by atoms with E-state index in [4.69, 9.17) is 5.73 Å². The summed E-state index contributed by atoms with van der Waals surface area (Å²) in [6, 6.07) is 18.2. The molecule has 2 rings (SSSR count). The van der Waals surface area contributed by atoms with Crippen molar-refractivity contribution in [3.8, 4) is 0 Å². The SMILES string of the molecule is CC(N)C(C)C(=O)NCc1ccccc1Sc1ccccc1. The molecule has 2 unspecified atom stereocenters. The van der Waals surface area contributed by atoms with Gasteiger partial charge in [-0.1, -0.05) is 55.1 Å². The van der Waals surface area contributed by atoms with Gasteiger partial charge < -0.3 is 11.1 Å². The molecule has 2 aromatic carbocycles. The molecule has 0 fully saturated rings. The largest absolute Gasteiger partial charge is 0.352 e. The molecule has 3 N–H and O–H groups in total. The van der Waals surface area contributed by atoms with Crippen molar-refractivity contribution in [2.45, 2.75) is 36.2 Å². The summed E-state index contributed by atoms with van der Waals surface area (Å²) in [6.45, 7) is 4.22. The van der Waals surface area contributed by atoms with Gasteiger partial charge in [0.15, 0.2) is 0 Å². The maximum atomic E-state index is 12.0. The van der Waals surface area contributed by atoms with Crippen LogP contribution in [0.5, 0.6) is 0 Å². The van der Waals surface area contributed by atoms with Crippen molar-refractivity contribution in [1.82, 2.24) is 5.32 Å². The van der Waals surface area contributed by atoms with Gasteiger partial charge >= 0.3 is 0 Å². The van der Waals surface area contributed by atoms with E-state index in [1.54, 1.807) is 11.8 Å². The van der Waals surface area contributed by atoms with E-state index in [0.717, 1.165) is 10.5 Å². The number of nitrogens with one attached hydrogen (secondary N) is 1. The number of benzene rings is 2. The Morgan fingerprint density at radius 3 is 2.41 bits per heavy atom. The van der Waals surface area contributed by atoms with Gasteiger partial charge in [-0.3, -0.25) is 4.79 Å². The maximum absolute atomic E-state index is 12.0. The lowest BCUT2D eigenvalue weighted by Gasteiger charge is -2.16. The first-order valence-electron chi connectivity index (χ1n) is 7.42. The Bertz CT molecular complexity index is 613. The normalized spacial score (nSPS) is 13.4. The molecule has 0 aromatic heterocycles. The van der Waals surface area contributed by atoms with Gasteiger partial charge in [0.1, 0.15) is 0 Å². The van der Waals surface area contributed by atoms with Crippen LogP contribution >= 0.6 is 11.8 Å². The summed E-state index contributed by atoms with van der Waals surface area (Å²) in [5.41, 5.74) is 6.89. The fourth-order valence-electron chi connectivity index (χ4n) is 1.95. The smallest absolute Gasteiger partial charge is 0.224 e. The summed E-state index contributed by atoms with van der Waals surface area (Å²) < 4.78 is 0. The maximum Gasteiger partial charge on any atom is 0.224 e. The van der Waals surface area contributed by atoms with Gasteiger partial charge in [0.25, 0.3) is 0 Å². The molecular weight excluding hydrogens is 292 g/mol. The van der Waals surface area contributed by atoms with E-state index in [1.165, 1.54) is 4.90 Å². The van der Waals surface area contributed by atoms with Crippen molar-refractivity contribution in [2.24, 2.45) is 11.7 Å². The van der Waals surface area contributed by atoms with Crippen molar-refractivity contribution in [2.75, 3.05) is 0 Å². The lowest BCUT2D eigenvalue weighted by Crippen LogP contribution is -2.38. The van der Waals surface area contributed by atoms with Crippen LogP contribution < -0.4 is 11.1 Å². The number of amides is 1. The minimum atomic E-state index is -0.186. The summed E-state index contributed by atoms with van der Waals surface area (Å²) in [6.07, 6.45) is 0. The fraction of sp³-hybridized carbons (Fsp3) is 0.278. The van der Waals surface area contributed by atoms with E-state index in [9.17, 15) is 4.79 Å². The Hall–Kier alpha value is -1.78. The number of carbonyl (C=O) groups excluding carboxylic acids is 1. The van der Waals surface area contributed by atoms with E-state index < -0.39 is 0 Å². The summed E-state index contributed by atoms with van der Waals surface area (Å²) in [5, 5.41) is 2.97. The Labute approximate surface area is 136 Å². The molecule has 4 heteroatoms. The number of rotatable bonds is 6. The molecule has 0 heterocycles. The number of nitrogens with two attached hydrogens (primary N) is 1. The first-order chi connectivity index (χ1) is 10.6. The van der Waals surface area contributed by atoms with E-state index in [2.05, 4.69) is 23.5 Å². The van der Waals surface area contributed by atoms with Gasteiger partial charge in [0.05, 0.1) is 0 Å². The Balaban J connectivity index is 2.04. The number of hydrogen-bond donors (Lipinski definition) is 2. The molecule has 0 saturated carbocycles. The second-order valence-corrected chi connectivity index (χ2v) is 6.50. The van der Waals surface area contributed by atoms with Crippen molar-refractivity contribution in [3.63, 3.8) is 0 Å². The molecule has 1 amide bonds. The molecule has 0 aliphatic rings. The molecule has 116 valence electrons. The van der Waals surface area contributed by atoms with E-state index >= 15 is 0 Å². The predicted octanol–water partition coefficient (Wildman–Crippen LogP) is 3.44. The third-order valence-electron chi connectivity index (χ3n) is 3.60. The number of hydrogen-bond acceptors (Lipinski definition) is 3. The zero-order chi connectivity index (χ0) is 15.9. The van der Waals surface area contributed by atoms with E-state index in [-0.39, 0.29) is 17.9 Å². The minimum Gasteiger partial charge on any atom is -0.352 e. The summed E-state index contributed by atoms with van der Waals surface area (Å²) in [5.74, 6) is -0.191. The van der Waals surface area contributed by atoms with Crippen LogP contribution in [0.15, 0.2) is 64.4 Å². The molecule has 22 heavy (non-hydrogen) atoms. The van der Waals surface area contributed by atoms with Crippen LogP contribution in [0.25, 0.3) is 0 Å². The van der Waals surface area contributed by atoms with Crippen molar-refractivity contribution < 1.29 is 4.79 Å². The van der Waals surface area contributed by atoms with Gasteiger partial charge in [-0.15, -0.1) is 0 Å². The van der Waals surface area contributed by atoms with Crippen LogP contribution in [0, 0.1) is 5.92 Å². The average Bonchev–Trinajstić information content (AvgIpc) is 2.54. The topological polar surface area (TPSA) is 55.1 Å².